The number of amides is 1. The van der Waals surface area contributed by atoms with Crippen molar-refractivity contribution in [2.75, 3.05) is 5.32 Å². The second kappa shape index (κ2) is 6.37. The number of rotatable bonds is 4. The van der Waals surface area contributed by atoms with Crippen LogP contribution in [-0.2, 0) is 11.3 Å². The number of pyridine rings is 1. The fourth-order valence-corrected chi connectivity index (χ4v) is 2.41. The number of aromatic carboxylic acids is 1. The van der Waals surface area contributed by atoms with Crippen LogP contribution < -0.4 is 10.9 Å². The first kappa shape index (κ1) is 15.5. The molecule has 0 fully saturated rings. The first-order chi connectivity index (χ1) is 11.5. The van der Waals surface area contributed by atoms with Crippen molar-refractivity contribution < 1.29 is 14.7 Å². The molecule has 2 N–H and O–H groups in total. The van der Waals surface area contributed by atoms with Gasteiger partial charge in [0, 0.05) is 17.3 Å². The Morgan fingerprint density at radius 2 is 1.71 bits per heavy atom. The van der Waals surface area contributed by atoms with Crippen LogP contribution in [0.2, 0.25) is 0 Å². The molecule has 3 rings (SSSR count). The first-order valence-corrected chi connectivity index (χ1v) is 7.26. The highest BCUT2D eigenvalue weighted by molar-refractivity contribution is 5.92. The van der Waals surface area contributed by atoms with Gasteiger partial charge >= 0.3 is 5.97 Å². The molecule has 1 amide bonds. The SMILES string of the molecule is O=C(Cn1ccc2ccccc2c1=O)Nc1ccc(C(=O)O)cc1. The highest BCUT2D eigenvalue weighted by Gasteiger charge is 2.08. The third-order valence-electron chi connectivity index (χ3n) is 3.62. The Labute approximate surface area is 137 Å². The van der Waals surface area contributed by atoms with Gasteiger partial charge in [0.15, 0.2) is 0 Å². The highest BCUT2D eigenvalue weighted by Crippen LogP contribution is 2.10. The number of carboxylic acid groups (broad SMARTS) is 1. The number of benzene rings is 2. The van der Waals surface area contributed by atoms with Crippen molar-refractivity contribution in [2.24, 2.45) is 0 Å². The van der Waals surface area contributed by atoms with Crippen molar-refractivity contribution in [3.63, 3.8) is 0 Å². The number of aromatic nitrogens is 1. The van der Waals surface area contributed by atoms with E-state index in [1.807, 2.05) is 12.1 Å². The van der Waals surface area contributed by atoms with E-state index in [0.717, 1.165) is 5.39 Å². The number of carbonyl (C=O) groups is 2. The maximum atomic E-state index is 12.4. The molecule has 2 aromatic carbocycles. The van der Waals surface area contributed by atoms with Crippen LogP contribution in [0.4, 0.5) is 5.69 Å². The van der Waals surface area contributed by atoms with E-state index in [-0.39, 0.29) is 23.6 Å². The summed E-state index contributed by atoms with van der Waals surface area (Å²) in [5.41, 5.74) is 0.377. The van der Waals surface area contributed by atoms with Gasteiger partial charge in [-0.25, -0.2) is 4.79 Å². The standard InChI is InChI=1S/C18H14N2O4/c21-16(19-14-7-5-13(6-8-14)18(23)24)11-20-10-9-12-3-1-2-4-15(12)17(20)22/h1-10H,11H2,(H,19,21)(H,23,24). The lowest BCUT2D eigenvalue weighted by molar-refractivity contribution is -0.116. The van der Waals surface area contributed by atoms with E-state index in [1.165, 1.54) is 28.8 Å². The number of carbonyl (C=O) groups excluding carboxylic acids is 1. The van der Waals surface area contributed by atoms with Crippen molar-refractivity contribution in [3.8, 4) is 0 Å². The molecule has 120 valence electrons. The van der Waals surface area contributed by atoms with Gasteiger partial charge in [-0.05, 0) is 41.8 Å². The molecule has 0 aliphatic rings. The van der Waals surface area contributed by atoms with Crippen molar-refractivity contribution in [3.05, 3.63) is 76.7 Å². The van der Waals surface area contributed by atoms with Crippen LogP contribution in [0.15, 0.2) is 65.6 Å². The van der Waals surface area contributed by atoms with Gasteiger partial charge in [-0.15, -0.1) is 0 Å². The fourth-order valence-electron chi connectivity index (χ4n) is 2.41. The third kappa shape index (κ3) is 3.17. The quantitative estimate of drug-likeness (QED) is 0.771. The lowest BCUT2D eigenvalue weighted by Crippen LogP contribution is -2.27. The molecule has 24 heavy (non-hydrogen) atoms. The molecule has 0 atom stereocenters. The first-order valence-electron chi connectivity index (χ1n) is 7.26. The molecule has 1 aromatic heterocycles. The second-order valence-electron chi connectivity index (χ2n) is 5.27. The maximum Gasteiger partial charge on any atom is 0.335 e. The largest absolute Gasteiger partial charge is 0.478 e. The van der Waals surface area contributed by atoms with Gasteiger partial charge in [0.05, 0.1) is 5.56 Å². The molecule has 0 radical (unpaired) electrons. The lowest BCUT2D eigenvalue weighted by Gasteiger charge is -2.08. The molecular formula is C18H14N2O4. The number of nitrogens with one attached hydrogen (secondary N) is 1. The lowest BCUT2D eigenvalue weighted by atomic mass is 10.2. The van der Waals surface area contributed by atoms with E-state index in [2.05, 4.69) is 5.32 Å². The average molecular weight is 322 g/mol. The number of hydrogen-bond donors (Lipinski definition) is 2. The van der Waals surface area contributed by atoms with Gasteiger partial charge in [-0.3, -0.25) is 9.59 Å². The van der Waals surface area contributed by atoms with Gasteiger partial charge in [-0.2, -0.15) is 0 Å². The van der Waals surface area contributed by atoms with Crippen molar-refractivity contribution in [2.45, 2.75) is 6.54 Å². The summed E-state index contributed by atoms with van der Waals surface area (Å²) >= 11 is 0. The maximum absolute atomic E-state index is 12.4. The van der Waals surface area contributed by atoms with Crippen LogP contribution in [0.5, 0.6) is 0 Å². The molecule has 1 heterocycles. The van der Waals surface area contributed by atoms with E-state index in [1.54, 1.807) is 24.4 Å². The summed E-state index contributed by atoms with van der Waals surface area (Å²) in [7, 11) is 0. The van der Waals surface area contributed by atoms with Crippen LogP contribution in [0.25, 0.3) is 10.8 Å². The zero-order valence-corrected chi connectivity index (χ0v) is 12.6. The molecule has 0 spiro atoms. The van der Waals surface area contributed by atoms with Gasteiger partial charge in [0.25, 0.3) is 5.56 Å². The number of nitrogens with zero attached hydrogens (tertiary/aromatic N) is 1. The molecule has 0 saturated heterocycles. The Bertz CT molecular complexity index is 974. The van der Waals surface area contributed by atoms with E-state index < -0.39 is 5.97 Å². The zero-order valence-electron chi connectivity index (χ0n) is 12.6. The number of anilines is 1. The van der Waals surface area contributed by atoms with E-state index in [9.17, 15) is 14.4 Å². The topological polar surface area (TPSA) is 88.4 Å². The van der Waals surface area contributed by atoms with Crippen LogP contribution in [0.3, 0.4) is 0 Å². The van der Waals surface area contributed by atoms with Crippen LogP contribution in [-0.4, -0.2) is 21.6 Å². The Kier molecular flexibility index (Phi) is 4.11. The molecular weight excluding hydrogens is 308 g/mol. The molecule has 0 aliphatic heterocycles. The molecule has 0 aliphatic carbocycles. The summed E-state index contributed by atoms with van der Waals surface area (Å²) in [5.74, 6) is -1.40. The fraction of sp³-hybridized carbons (Fsp3) is 0.0556. The summed E-state index contributed by atoms with van der Waals surface area (Å²) in [4.78, 5) is 35.3. The normalized spacial score (nSPS) is 10.5. The smallest absolute Gasteiger partial charge is 0.335 e. The van der Waals surface area contributed by atoms with Crippen molar-refractivity contribution in [1.29, 1.82) is 0 Å². The summed E-state index contributed by atoms with van der Waals surface area (Å²) in [5, 5.41) is 12.9. The summed E-state index contributed by atoms with van der Waals surface area (Å²) < 4.78 is 1.34. The second-order valence-corrected chi connectivity index (χ2v) is 5.27. The minimum absolute atomic E-state index is 0.121. The Morgan fingerprint density at radius 1 is 1.00 bits per heavy atom. The van der Waals surface area contributed by atoms with Crippen LogP contribution >= 0.6 is 0 Å². The monoisotopic (exact) mass is 322 g/mol. The summed E-state index contributed by atoms with van der Waals surface area (Å²) in [6.07, 6.45) is 1.58. The Balaban J connectivity index is 1.76. The number of fused-ring (bicyclic) bond motifs is 1. The van der Waals surface area contributed by atoms with Crippen molar-refractivity contribution in [1.82, 2.24) is 4.57 Å². The molecule has 3 aromatic rings. The minimum Gasteiger partial charge on any atom is -0.478 e. The van der Waals surface area contributed by atoms with Crippen LogP contribution in [0.1, 0.15) is 10.4 Å². The molecule has 0 unspecified atom stereocenters. The third-order valence-corrected chi connectivity index (χ3v) is 3.62. The minimum atomic E-state index is -1.03. The van der Waals surface area contributed by atoms with E-state index in [4.69, 9.17) is 5.11 Å². The molecule has 0 saturated carbocycles. The molecule has 6 heteroatoms. The van der Waals surface area contributed by atoms with Crippen LogP contribution in [0, 0.1) is 0 Å². The van der Waals surface area contributed by atoms with E-state index in [0.29, 0.717) is 11.1 Å². The zero-order chi connectivity index (χ0) is 17.1. The van der Waals surface area contributed by atoms with Gasteiger partial charge in [-0.1, -0.05) is 18.2 Å². The highest BCUT2D eigenvalue weighted by atomic mass is 16.4. The Morgan fingerprint density at radius 3 is 2.42 bits per heavy atom. The predicted octanol–water partition coefficient (Wildman–Crippen LogP) is 2.34. The number of carboxylic acids is 1. The average Bonchev–Trinajstić information content (AvgIpc) is 2.58. The summed E-state index contributed by atoms with van der Waals surface area (Å²) in [6.45, 7) is -0.121. The summed E-state index contributed by atoms with van der Waals surface area (Å²) in [6, 6.07) is 14.8. The van der Waals surface area contributed by atoms with E-state index >= 15 is 0 Å². The van der Waals surface area contributed by atoms with Crippen molar-refractivity contribution >= 4 is 28.3 Å². The van der Waals surface area contributed by atoms with Gasteiger partial charge in [0.1, 0.15) is 6.54 Å². The van der Waals surface area contributed by atoms with Gasteiger partial charge < -0.3 is 15.0 Å². The molecule has 0 bridgehead atoms. The van der Waals surface area contributed by atoms with Gasteiger partial charge in [0.2, 0.25) is 5.91 Å². The predicted molar refractivity (Wildman–Crippen MR) is 90.2 cm³/mol. The Hall–Kier alpha value is -3.41. The number of hydrogen-bond acceptors (Lipinski definition) is 3. The molecule has 6 nitrogen and oxygen atoms in total.